The number of hydrogen-bond donors (Lipinski definition) is 2. The molecule has 0 aliphatic carbocycles. The number of rotatable bonds is 5. The van der Waals surface area contributed by atoms with Crippen molar-refractivity contribution in [2.45, 2.75) is 19.4 Å². The molecule has 1 aromatic rings. The lowest BCUT2D eigenvalue weighted by Crippen LogP contribution is -2.28. The molecule has 1 rings (SSSR count). The average molecular weight is 249 g/mol. The summed E-state index contributed by atoms with van der Waals surface area (Å²) in [5.41, 5.74) is -0.0716. The van der Waals surface area contributed by atoms with Gasteiger partial charge in [-0.3, -0.25) is 10.1 Å². The fourth-order valence-electron chi connectivity index (χ4n) is 1.40. The Labute approximate surface area is 103 Å². The van der Waals surface area contributed by atoms with Gasteiger partial charge in [0.05, 0.1) is 16.6 Å². The number of carbonyl (C=O) groups is 1. The molecular formula is C11H11N3O4. The van der Waals surface area contributed by atoms with Crippen molar-refractivity contribution in [3.05, 3.63) is 33.9 Å². The molecule has 7 nitrogen and oxygen atoms in total. The molecule has 0 saturated heterocycles. The molecule has 0 bridgehead atoms. The minimum Gasteiger partial charge on any atom is -0.480 e. The first kappa shape index (κ1) is 13.4. The largest absolute Gasteiger partial charge is 0.480 e. The van der Waals surface area contributed by atoms with Crippen molar-refractivity contribution >= 4 is 17.3 Å². The van der Waals surface area contributed by atoms with Crippen LogP contribution in [0.15, 0.2) is 18.2 Å². The van der Waals surface area contributed by atoms with Gasteiger partial charge in [0, 0.05) is 6.07 Å². The SMILES string of the molecule is CCC(Nc1ccc(C#N)cc1[N+](=O)[O-])C(=O)O. The van der Waals surface area contributed by atoms with Gasteiger partial charge < -0.3 is 10.4 Å². The van der Waals surface area contributed by atoms with Crippen LogP contribution in [0, 0.1) is 21.4 Å². The maximum absolute atomic E-state index is 10.9. The molecule has 0 aliphatic heterocycles. The summed E-state index contributed by atoms with van der Waals surface area (Å²) < 4.78 is 0. The van der Waals surface area contributed by atoms with E-state index in [1.54, 1.807) is 13.0 Å². The molecule has 0 radical (unpaired) electrons. The number of nitriles is 1. The zero-order valence-corrected chi connectivity index (χ0v) is 9.58. The third-order valence-electron chi connectivity index (χ3n) is 2.36. The Balaban J connectivity index is 3.13. The highest BCUT2D eigenvalue weighted by atomic mass is 16.6. The molecule has 0 aromatic heterocycles. The second-order valence-electron chi connectivity index (χ2n) is 3.54. The van der Waals surface area contributed by atoms with Gasteiger partial charge in [-0.25, -0.2) is 4.79 Å². The van der Waals surface area contributed by atoms with Crippen LogP contribution >= 0.6 is 0 Å². The van der Waals surface area contributed by atoms with E-state index in [0.717, 1.165) is 6.07 Å². The van der Waals surface area contributed by atoms with Crippen LogP contribution in [0.4, 0.5) is 11.4 Å². The van der Waals surface area contributed by atoms with Crippen LogP contribution in [0.1, 0.15) is 18.9 Å². The molecule has 0 aliphatic rings. The summed E-state index contributed by atoms with van der Waals surface area (Å²) in [6, 6.07) is 4.72. The van der Waals surface area contributed by atoms with Gasteiger partial charge in [-0.1, -0.05) is 6.92 Å². The summed E-state index contributed by atoms with van der Waals surface area (Å²) in [6.07, 6.45) is 0.284. The van der Waals surface area contributed by atoms with Gasteiger partial charge in [0.15, 0.2) is 0 Å². The van der Waals surface area contributed by atoms with Crippen molar-refractivity contribution < 1.29 is 14.8 Å². The predicted octanol–water partition coefficient (Wildman–Crippen LogP) is 1.74. The highest BCUT2D eigenvalue weighted by Gasteiger charge is 2.20. The van der Waals surface area contributed by atoms with Crippen LogP contribution in [0.2, 0.25) is 0 Å². The molecule has 0 spiro atoms. The molecule has 1 unspecified atom stereocenters. The van der Waals surface area contributed by atoms with Gasteiger partial charge in [0.1, 0.15) is 11.7 Å². The molecule has 94 valence electrons. The number of aliphatic carboxylic acids is 1. The maximum Gasteiger partial charge on any atom is 0.326 e. The van der Waals surface area contributed by atoms with E-state index in [2.05, 4.69) is 5.32 Å². The Morgan fingerprint density at radius 1 is 1.67 bits per heavy atom. The van der Waals surface area contributed by atoms with E-state index >= 15 is 0 Å². The molecule has 0 heterocycles. The van der Waals surface area contributed by atoms with Crippen molar-refractivity contribution in [3.63, 3.8) is 0 Å². The number of carboxylic acids is 1. The minimum atomic E-state index is -1.09. The molecule has 0 saturated carbocycles. The summed E-state index contributed by atoms with van der Waals surface area (Å²) in [6.45, 7) is 1.65. The molecule has 0 fully saturated rings. The van der Waals surface area contributed by atoms with Gasteiger partial charge >= 0.3 is 5.97 Å². The molecule has 0 amide bonds. The van der Waals surface area contributed by atoms with E-state index in [0.29, 0.717) is 0 Å². The van der Waals surface area contributed by atoms with Crippen molar-refractivity contribution in [2.24, 2.45) is 0 Å². The zero-order chi connectivity index (χ0) is 13.7. The first-order valence-corrected chi connectivity index (χ1v) is 5.17. The van der Waals surface area contributed by atoms with E-state index in [1.807, 2.05) is 0 Å². The van der Waals surface area contributed by atoms with E-state index in [1.165, 1.54) is 12.1 Å². The number of nitrogens with one attached hydrogen (secondary N) is 1. The lowest BCUT2D eigenvalue weighted by molar-refractivity contribution is -0.384. The van der Waals surface area contributed by atoms with Crippen LogP contribution in [0.3, 0.4) is 0 Å². The maximum atomic E-state index is 10.9. The third kappa shape index (κ3) is 2.95. The second-order valence-corrected chi connectivity index (χ2v) is 3.54. The Hall–Kier alpha value is -2.62. The summed E-state index contributed by atoms with van der Waals surface area (Å²) in [4.78, 5) is 21.0. The lowest BCUT2D eigenvalue weighted by Gasteiger charge is -2.13. The van der Waals surface area contributed by atoms with Crippen molar-refractivity contribution in [3.8, 4) is 6.07 Å². The number of hydrogen-bond acceptors (Lipinski definition) is 5. The van der Waals surface area contributed by atoms with Crippen LogP contribution in [0.25, 0.3) is 0 Å². The number of anilines is 1. The number of carboxylic acid groups (broad SMARTS) is 1. The number of benzene rings is 1. The normalized spacial score (nSPS) is 11.3. The number of nitro groups is 1. The summed E-state index contributed by atoms with van der Waals surface area (Å²) >= 11 is 0. The lowest BCUT2D eigenvalue weighted by atomic mass is 10.1. The molecule has 18 heavy (non-hydrogen) atoms. The Morgan fingerprint density at radius 2 is 2.33 bits per heavy atom. The summed E-state index contributed by atoms with van der Waals surface area (Å²) in [7, 11) is 0. The summed E-state index contributed by atoms with van der Waals surface area (Å²) in [5.74, 6) is -1.09. The van der Waals surface area contributed by atoms with Crippen LogP contribution in [0.5, 0.6) is 0 Å². The highest BCUT2D eigenvalue weighted by molar-refractivity contribution is 5.79. The second kappa shape index (κ2) is 5.63. The standard InChI is InChI=1S/C11H11N3O4/c1-2-8(11(15)16)13-9-4-3-7(6-12)5-10(9)14(17)18/h3-5,8,13H,2H2,1H3,(H,15,16). The third-order valence-corrected chi connectivity index (χ3v) is 2.36. The Kier molecular flexibility index (Phi) is 4.21. The molecule has 1 aromatic carbocycles. The average Bonchev–Trinajstić information content (AvgIpc) is 2.35. The fraction of sp³-hybridized carbons (Fsp3) is 0.273. The molecule has 7 heteroatoms. The van der Waals surface area contributed by atoms with E-state index in [9.17, 15) is 14.9 Å². The molecule has 2 N–H and O–H groups in total. The molecule has 1 atom stereocenters. The van der Waals surface area contributed by atoms with E-state index in [4.69, 9.17) is 10.4 Å². The number of nitro benzene ring substituents is 1. The van der Waals surface area contributed by atoms with Gasteiger partial charge in [0.2, 0.25) is 0 Å². The summed E-state index contributed by atoms with van der Waals surface area (Å²) in [5, 5.41) is 31.0. The van der Waals surface area contributed by atoms with Crippen molar-refractivity contribution in [2.75, 3.05) is 5.32 Å². The number of nitrogens with zero attached hydrogens (tertiary/aromatic N) is 2. The van der Waals surface area contributed by atoms with Crippen molar-refractivity contribution in [1.29, 1.82) is 5.26 Å². The van der Waals surface area contributed by atoms with Crippen molar-refractivity contribution in [1.82, 2.24) is 0 Å². The molecular weight excluding hydrogens is 238 g/mol. The topological polar surface area (TPSA) is 116 Å². The first-order chi connectivity index (χ1) is 8.49. The van der Waals surface area contributed by atoms with Crippen LogP contribution in [-0.4, -0.2) is 22.0 Å². The zero-order valence-electron chi connectivity index (χ0n) is 9.58. The fourth-order valence-corrected chi connectivity index (χ4v) is 1.40. The van der Waals surface area contributed by atoms with Gasteiger partial charge in [-0.05, 0) is 18.6 Å². The van der Waals surface area contributed by atoms with Gasteiger partial charge in [-0.2, -0.15) is 5.26 Å². The monoisotopic (exact) mass is 249 g/mol. The van der Waals surface area contributed by atoms with E-state index in [-0.39, 0.29) is 23.4 Å². The Bertz CT molecular complexity index is 522. The minimum absolute atomic E-state index is 0.0910. The predicted molar refractivity (Wildman–Crippen MR) is 63.1 cm³/mol. The van der Waals surface area contributed by atoms with Crippen LogP contribution < -0.4 is 5.32 Å². The Morgan fingerprint density at radius 3 is 2.78 bits per heavy atom. The smallest absolute Gasteiger partial charge is 0.326 e. The van der Waals surface area contributed by atoms with Gasteiger partial charge in [0.25, 0.3) is 5.69 Å². The highest BCUT2D eigenvalue weighted by Crippen LogP contribution is 2.26. The van der Waals surface area contributed by atoms with E-state index < -0.39 is 16.9 Å². The first-order valence-electron chi connectivity index (χ1n) is 5.17. The van der Waals surface area contributed by atoms with Gasteiger partial charge in [-0.15, -0.1) is 0 Å². The van der Waals surface area contributed by atoms with Crippen LogP contribution in [-0.2, 0) is 4.79 Å². The quantitative estimate of drug-likeness (QED) is 0.606.